The van der Waals surface area contributed by atoms with Crippen LogP contribution in [0.5, 0.6) is 5.75 Å². The second kappa shape index (κ2) is 10.5. The minimum atomic E-state index is -3.43. The Hall–Kier alpha value is -3.33. The number of nitrogens with one attached hydrogen (secondary N) is 1. The summed E-state index contributed by atoms with van der Waals surface area (Å²) in [5.41, 5.74) is 3.50. The molecule has 0 unspecified atom stereocenters. The van der Waals surface area contributed by atoms with Crippen LogP contribution in [-0.4, -0.2) is 54.9 Å². The molecule has 6 rings (SSSR count). The van der Waals surface area contributed by atoms with Gasteiger partial charge in [0.05, 0.1) is 16.9 Å². The standard InChI is InChI=1S/C31H28Cl2N2O5S/c1-41(38,39)22-7-10-28-25(17-22)27(36)18-31(40-28)12-14-35(15-13-31)29(37)11-8-23-24-16-21(33)6-9-26(24)34-30(23)19-2-4-20(32)5-3-19/h2-7,9-10,16-17,34H,8,11-15,18H2,1H3. The number of carbonyl (C=O) groups is 2. The lowest BCUT2D eigenvalue weighted by Crippen LogP contribution is -2.52. The minimum Gasteiger partial charge on any atom is -0.486 e. The summed E-state index contributed by atoms with van der Waals surface area (Å²) < 4.78 is 30.2. The molecule has 1 aromatic heterocycles. The maximum Gasteiger partial charge on any atom is 0.222 e. The fraction of sp³-hybridized carbons (Fsp3) is 0.290. The number of rotatable bonds is 5. The Labute approximate surface area is 248 Å². The van der Waals surface area contributed by atoms with Crippen molar-refractivity contribution in [3.63, 3.8) is 0 Å². The smallest absolute Gasteiger partial charge is 0.222 e. The van der Waals surface area contributed by atoms with Crippen molar-refractivity contribution < 1.29 is 22.7 Å². The summed E-state index contributed by atoms with van der Waals surface area (Å²) in [6.45, 7) is 0.958. The molecule has 212 valence electrons. The molecular weight excluding hydrogens is 583 g/mol. The average Bonchev–Trinajstić information content (AvgIpc) is 3.29. The highest BCUT2D eigenvalue weighted by molar-refractivity contribution is 7.90. The zero-order valence-corrected chi connectivity index (χ0v) is 24.7. The molecule has 1 saturated heterocycles. The van der Waals surface area contributed by atoms with Crippen LogP contribution in [0.2, 0.25) is 10.0 Å². The average molecular weight is 612 g/mol. The van der Waals surface area contributed by atoms with E-state index in [9.17, 15) is 18.0 Å². The Morgan fingerprint density at radius 1 is 1.00 bits per heavy atom. The van der Waals surface area contributed by atoms with Gasteiger partial charge in [0, 0.05) is 65.2 Å². The molecule has 1 N–H and O–H groups in total. The van der Waals surface area contributed by atoms with Gasteiger partial charge in [-0.1, -0.05) is 35.3 Å². The summed E-state index contributed by atoms with van der Waals surface area (Å²) in [5, 5.41) is 2.27. The van der Waals surface area contributed by atoms with Crippen LogP contribution in [0.1, 0.15) is 41.6 Å². The zero-order valence-electron chi connectivity index (χ0n) is 22.4. The number of fused-ring (bicyclic) bond motifs is 2. The Bertz CT molecular complexity index is 1790. The van der Waals surface area contributed by atoms with Crippen molar-refractivity contribution in [2.24, 2.45) is 0 Å². The van der Waals surface area contributed by atoms with Gasteiger partial charge in [-0.15, -0.1) is 0 Å². The first-order valence-electron chi connectivity index (χ1n) is 13.4. The lowest BCUT2D eigenvalue weighted by molar-refractivity contribution is -0.134. The molecule has 1 spiro atoms. The van der Waals surface area contributed by atoms with Crippen molar-refractivity contribution in [3.05, 3.63) is 81.8 Å². The van der Waals surface area contributed by atoms with E-state index in [1.165, 1.54) is 12.1 Å². The first-order valence-corrected chi connectivity index (χ1v) is 16.1. The molecule has 0 bridgehead atoms. The number of ketones is 1. The molecular formula is C31H28Cl2N2O5S. The third-order valence-corrected chi connectivity index (χ3v) is 9.70. The fourth-order valence-electron chi connectivity index (χ4n) is 5.88. The molecule has 0 aliphatic carbocycles. The molecule has 2 aliphatic rings. The number of H-pyrrole nitrogens is 1. The van der Waals surface area contributed by atoms with Crippen molar-refractivity contribution in [2.75, 3.05) is 19.3 Å². The number of hydrogen-bond acceptors (Lipinski definition) is 5. The van der Waals surface area contributed by atoms with Gasteiger partial charge in [-0.2, -0.15) is 0 Å². The monoisotopic (exact) mass is 610 g/mol. The van der Waals surface area contributed by atoms with E-state index in [1.54, 1.807) is 6.07 Å². The van der Waals surface area contributed by atoms with Crippen LogP contribution in [0.15, 0.2) is 65.6 Å². The Balaban J connectivity index is 1.16. The second-order valence-electron chi connectivity index (χ2n) is 10.9. The van der Waals surface area contributed by atoms with Crippen LogP contribution < -0.4 is 4.74 Å². The maximum absolute atomic E-state index is 13.4. The molecule has 1 amide bonds. The largest absolute Gasteiger partial charge is 0.486 e. The molecule has 0 saturated carbocycles. The van der Waals surface area contributed by atoms with Gasteiger partial charge in [0.25, 0.3) is 0 Å². The summed E-state index contributed by atoms with van der Waals surface area (Å²) in [6.07, 6.45) is 3.18. The number of Topliss-reactive ketones (excluding diaryl/α,β-unsaturated/α-hetero) is 1. The first kappa shape index (κ1) is 27.8. The zero-order chi connectivity index (χ0) is 28.9. The van der Waals surface area contributed by atoms with E-state index in [0.29, 0.717) is 60.1 Å². The van der Waals surface area contributed by atoms with Gasteiger partial charge in [-0.05, 0) is 66.1 Å². The third kappa shape index (κ3) is 5.48. The summed E-state index contributed by atoms with van der Waals surface area (Å²) in [7, 11) is -3.43. The molecule has 7 nitrogen and oxygen atoms in total. The Kier molecular flexibility index (Phi) is 7.12. The number of benzene rings is 3. The number of nitrogens with zero attached hydrogens (tertiary/aromatic N) is 1. The molecule has 1 fully saturated rings. The molecule has 0 atom stereocenters. The van der Waals surface area contributed by atoms with E-state index in [1.807, 2.05) is 47.4 Å². The minimum absolute atomic E-state index is 0.0404. The number of carbonyl (C=O) groups excluding carboxylic acids is 2. The fourth-order valence-corrected chi connectivity index (χ4v) is 6.82. The van der Waals surface area contributed by atoms with E-state index in [4.69, 9.17) is 27.9 Å². The number of halogens is 2. The molecule has 41 heavy (non-hydrogen) atoms. The highest BCUT2D eigenvalue weighted by Crippen LogP contribution is 2.40. The predicted octanol–water partition coefficient (Wildman–Crippen LogP) is 6.50. The summed E-state index contributed by atoms with van der Waals surface area (Å²) in [6, 6.07) is 17.7. The lowest BCUT2D eigenvalue weighted by atomic mass is 9.82. The van der Waals surface area contributed by atoms with Crippen LogP contribution >= 0.6 is 23.2 Å². The number of aromatic nitrogens is 1. The van der Waals surface area contributed by atoms with E-state index >= 15 is 0 Å². The van der Waals surface area contributed by atoms with Gasteiger partial charge < -0.3 is 14.6 Å². The quantitative estimate of drug-likeness (QED) is 0.278. The number of amides is 1. The van der Waals surface area contributed by atoms with Gasteiger partial charge >= 0.3 is 0 Å². The number of likely N-dealkylation sites (tertiary alicyclic amines) is 1. The predicted molar refractivity (Wildman–Crippen MR) is 160 cm³/mol. The highest BCUT2D eigenvalue weighted by atomic mass is 35.5. The number of ether oxygens (including phenoxy) is 1. The Morgan fingerprint density at radius 2 is 1.71 bits per heavy atom. The maximum atomic E-state index is 13.4. The number of hydrogen-bond donors (Lipinski definition) is 1. The molecule has 2 aliphatic heterocycles. The number of piperidine rings is 1. The second-order valence-corrected chi connectivity index (χ2v) is 13.8. The normalized spacial score (nSPS) is 16.6. The summed E-state index contributed by atoms with van der Waals surface area (Å²) in [4.78, 5) is 31.8. The van der Waals surface area contributed by atoms with Crippen LogP contribution in [0.4, 0.5) is 0 Å². The SMILES string of the molecule is CS(=O)(=O)c1ccc2c(c1)C(=O)CC1(CCN(C(=O)CCc3c(-c4ccc(Cl)cc4)[nH]c4ccc(Cl)cc34)CC1)O2. The van der Waals surface area contributed by atoms with Crippen molar-refractivity contribution in [1.82, 2.24) is 9.88 Å². The van der Waals surface area contributed by atoms with Gasteiger partial charge in [-0.3, -0.25) is 9.59 Å². The van der Waals surface area contributed by atoms with Crippen LogP contribution in [-0.2, 0) is 21.1 Å². The summed E-state index contributed by atoms with van der Waals surface area (Å²) >= 11 is 12.4. The van der Waals surface area contributed by atoms with Crippen LogP contribution in [0, 0.1) is 0 Å². The topological polar surface area (TPSA) is 96.5 Å². The van der Waals surface area contributed by atoms with Crippen molar-refractivity contribution >= 4 is 55.6 Å². The first-order chi connectivity index (χ1) is 19.5. The van der Waals surface area contributed by atoms with Crippen molar-refractivity contribution in [3.8, 4) is 17.0 Å². The van der Waals surface area contributed by atoms with E-state index in [2.05, 4.69) is 4.98 Å². The Morgan fingerprint density at radius 3 is 2.41 bits per heavy atom. The van der Waals surface area contributed by atoms with Gasteiger partial charge in [0.2, 0.25) is 5.91 Å². The van der Waals surface area contributed by atoms with Gasteiger partial charge in [0.1, 0.15) is 11.4 Å². The van der Waals surface area contributed by atoms with Crippen LogP contribution in [0.25, 0.3) is 22.2 Å². The molecule has 10 heteroatoms. The molecule has 0 radical (unpaired) electrons. The van der Waals surface area contributed by atoms with E-state index < -0.39 is 15.4 Å². The van der Waals surface area contributed by atoms with Crippen molar-refractivity contribution in [1.29, 1.82) is 0 Å². The van der Waals surface area contributed by atoms with Crippen molar-refractivity contribution in [2.45, 2.75) is 42.6 Å². The van der Waals surface area contributed by atoms with Gasteiger partial charge in [0.15, 0.2) is 15.6 Å². The summed E-state index contributed by atoms with van der Waals surface area (Å²) in [5.74, 6) is 0.309. The molecule has 3 heterocycles. The number of sulfone groups is 1. The number of aryl methyl sites for hydroxylation is 1. The van der Waals surface area contributed by atoms with E-state index in [0.717, 1.165) is 34.0 Å². The highest BCUT2D eigenvalue weighted by Gasteiger charge is 2.43. The number of aromatic amines is 1. The van der Waals surface area contributed by atoms with Gasteiger partial charge in [-0.25, -0.2) is 8.42 Å². The molecule has 4 aromatic rings. The molecule has 3 aromatic carbocycles. The lowest BCUT2D eigenvalue weighted by Gasteiger charge is -2.44. The van der Waals surface area contributed by atoms with E-state index in [-0.39, 0.29) is 23.0 Å². The van der Waals surface area contributed by atoms with Crippen LogP contribution in [0.3, 0.4) is 0 Å². The third-order valence-electron chi connectivity index (χ3n) is 8.11.